The Hall–Kier alpha value is -1.93. The van der Waals surface area contributed by atoms with Crippen molar-refractivity contribution in [2.75, 3.05) is 11.9 Å². The highest BCUT2D eigenvalue weighted by Crippen LogP contribution is 2.29. The molecule has 24 heavy (non-hydrogen) atoms. The first kappa shape index (κ1) is 16.9. The summed E-state index contributed by atoms with van der Waals surface area (Å²) in [5, 5.41) is 3.35. The quantitative estimate of drug-likeness (QED) is 0.898. The number of nitrogens with one attached hydrogen (secondary N) is 1. The number of hydrogen-bond acceptors (Lipinski definition) is 6. The number of halogens is 1. The summed E-state index contributed by atoms with van der Waals surface area (Å²) >= 11 is 1.51. The number of likely N-dealkylation sites (tertiary alicyclic amines) is 1. The second kappa shape index (κ2) is 7.31. The van der Waals surface area contributed by atoms with Gasteiger partial charge in [0.05, 0.1) is 12.4 Å². The van der Waals surface area contributed by atoms with E-state index in [1.165, 1.54) is 30.7 Å². The van der Waals surface area contributed by atoms with Gasteiger partial charge in [-0.05, 0) is 25.8 Å². The van der Waals surface area contributed by atoms with E-state index in [4.69, 9.17) is 0 Å². The molecular weight excluding hydrogens is 329 g/mol. The van der Waals surface area contributed by atoms with E-state index in [1.807, 2.05) is 6.20 Å². The number of aromatic nitrogens is 3. The summed E-state index contributed by atoms with van der Waals surface area (Å²) < 4.78 is 12.9. The van der Waals surface area contributed by atoms with Gasteiger partial charge in [-0.2, -0.15) is 0 Å². The van der Waals surface area contributed by atoms with Gasteiger partial charge in [-0.25, -0.2) is 19.3 Å². The van der Waals surface area contributed by atoms with Gasteiger partial charge in [0.25, 0.3) is 0 Å². The van der Waals surface area contributed by atoms with Crippen molar-refractivity contribution < 1.29 is 9.18 Å². The normalized spacial score (nSPS) is 21.1. The Morgan fingerprint density at radius 3 is 2.83 bits per heavy atom. The van der Waals surface area contributed by atoms with Crippen LogP contribution in [0.4, 0.5) is 9.52 Å². The molecule has 8 heteroatoms. The van der Waals surface area contributed by atoms with Crippen molar-refractivity contribution in [3.63, 3.8) is 0 Å². The minimum atomic E-state index is -0.403. The molecule has 0 aromatic carbocycles. The molecule has 0 saturated carbocycles. The number of carbonyl (C=O) groups excluding carboxylic acids is 1. The monoisotopic (exact) mass is 349 g/mol. The van der Waals surface area contributed by atoms with Crippen molar-refractivity contribution >= 4 is 22.4 Å². The predicted octanol–water partition coefficient (Wildman–Crippen LogP) is 2.48. The van der Waals surface area contributed by atoms with Crippen LogP contribution in [0.25, 0.3) is 0 Å². The fraction of sp³-hybridized carbons (Fsp3) is 0.500. The van der Waals surface area contributed by atoms with E-state index in [1.54, 1.807) is 0 Å². The summed E-state index contributed by atoms with van der Waals surface area (Å²) in [4.78, 5) is 26.9. The third-order valence-electron chi connectivity index (χ3n) is 4.36. The highest BCUT2D eigenvalue weighted by molar-refractivity contribution is 7.15. The molecule has 1 aliphatic rings. The average molecular weight is 349 g/mol. The van der Waals surface area contributed by atoms with Crippen LogP contribution in [0.15, 0.2) is 18.6 Å². The van der Waals surface area contributed by atoms with Crippen LogP contribution in [0.1, 0.15) is 31.0 Å². The van der Waals surface area contributed by atoms with Crippen molar-refractivity contribution in [2.24, 2.45) is 5.92 Å². The zero-order valence-electron chi connectivity index (χ0n) is 13.7. The van der Waals surface area contributed by atoms with Crippen LogP contribution in [-0.2, 0) is 17.8 Å². The maximum absolute atomic E-state index is 12.9. The van der Waals surface area contributed by atoms with Crippen LogP contribution >= 0.6 is 11.3 Å². The van der Waals surface area contributed by atoms with Gasteiger partial charge in [0.2, 0.25) is 5.91 Å². The van der Waals surface area contributed by atoms with Crippen molar-refractivity contribution in [3.8, 4) is 0 Å². The number of carbonyl (C=O) groups is 1. The Balaban J connectivity index is 1.57. The van der Waals surface area contributed by atoms with E-state index in [-0.39, 0.29) is 5.91 Å². The largest absolute Gasteiger partial charge is 0.302 e. The zero-order valence-corrected chi connectivity index (χ0v) is 14.5. The van der Waals surface area contributed by atoms with Gasteiger partial charge in [-0.15, -0.1) is 11.3 Å². The highest BCUT2D eigenvalue weighted by Gasteiger charge is 2.31. The van der Waals surface area contributed by atoms with E-state index in [0.29, 0.717) is 22.9 Å². The van der Waals surface area contributed by atoms with Gasteiger partial charge in [0, 0.05) is 37.0 Å². The standard InChI is InChI=1S/C16H20FN5OS/c1-10-12(5-15-18-6-13(17)7-19-15)3-4-22(10)9-14-8-20-16(24-14)21-11(2)23/h6-8,10,12H,3-5,9H2,1-2H3,(H,20,21,23). The Morgan fingerprint density at radius 2 is 2.12 bits per heavy atom. The SMILES string of the molecule is CC(=O)Nc1ncc(CN2CCC(Cc3ncc(F)cn3)C2C)s1. The molecule has 0 radical (unpaired) electrons. The van der Waals surface area contributed by atoms with Crippen molar-refractivity contribution in [2.45, 2.75) is 39.3 Å². The van der Waals surface area contributed by atoms with E-state index in [0.717, 1.165) is 30.8 Å². The maximum Gasteiger partial charge on any atom is 0.223 e. The summed E-state index contributed by atoms with van der Waals surface area (Å²) in [5.41, 5.74) is 0. The van der Waals surface area contributed by atoms with Gasteiger partial charge >= 0.3 is 0 Å². The number of thiazole rings is 1. The van der Waals surface area contributed by atoms with E-state index < -0.39 is 5.82 Å². The maximum atomic E-state index is 12.9. The van der Waals surface area contributed by atoms with E-state index >= 15 is 0 Å². The third-order valence-corrected chi connectivity index (χ3v) is 5.26. The first-order valence-corrected chi connectivity index (χ1v) is 8.75. The predicted molar refractivity (Wildman–Crippen MR) is 90.1 cm³/mol. The van der Waals surface area contributed by atoms with Gasteiger partial charge in [0.1, 0.15) is 5.82 Å². The summed E-state index contributed by atoms with van der Waals surface area (Å²) in [6.07, 6.45) is 6.09. The molecule has 2 atom stereocenters. The molecule has 1 aliphatic heterocycles. The van der Waals surface area contributed by atoms with Crippen molar-refractivity contribution in [3.05, 3.63) is 35.1 Å². The Bertz CT molecular complexity index is 705. The van der Waals surface area contributed by atoms with Crippen molar-refractivity contribution in [1.29, 1.82) is 0 Å². The second-order valence-electron chi connectivity index (χ2n) is 6.09. The number of anilines is 1. The molecular formula is C16H20FN5OS. The summed E-state index contributed by atoms with van der Waals surface area (Å²) in [5.74, 6) is 0.642. The van der Waals surface area contributed by atoms with Crippen molar-refractivity contribution in [1.82, 2.24) is 19.9 Å². The number of hydrogen-bond donors (Lipinski definition) is 1. The van der Waals surface area contributed by atoms with E-state index in [2.05, 4.69) is 32.1 Å². The molecule has 1 fully saturated rings. The smallest absolute Gasteiger partial charge is 0.223 e. The third kappa shape index (κ3) is 4.12. The molecule has 0 spiro atoms. The minimum absolute atomic E-state index is 0.107. The molecule has 2 aromatic heterocycles. The Morgan fingerprint density at radius 1 is 1.38 bits per heavy atom. The number of nitrogens with zero attached hydrogens (tertiary/aromatic N) is 4. The fourth-order valence-corrected chi connectivity index (χ4v) is 3.92. The zero-order chi connectivity index (χ0) is 17.1. The molecule has 3 heterocycles. The molecule has 0 bridgehead atoms. The van der Waals surface area contributed by atoms with Gasteiger partial charge in [0.15, 0.2) is 10.9 Å². The van der Waals surface area contributed by atoms with Gasteiger partial charge in [-0.1, -0.05) is 0 Å². The van der Waals surface area contributed by atoms with Crippen LogP contribution in [-0.4, -0.2) is 38.3 Å². The molecule has 128 valence electrons. The fourth-order valence-electron chi connectivity index (χ4n) is 3.04. The van der Waals surface area contributed by atoms with E-state index in [9.17, 15) is 9.18 Å². The van der Waals surface area contributed by atoms with Crippen LogP contribution in [0.2, 0.25) is 0 Å². The van der Waals surface area contributed by atoms with Crippen LogP contribution < -0.4 is 5.32 Å². The van der Waals surface area contributed by atoms with Gasteiger partial charge < -0.3 is 5.32 Å². The lowest BCUT2D eigenvalue weighted by atomic mass is 9.97. The lowest BCUT2D eigenvalue weighted by Gasteiger charge is -2.23. The van der Waals surface area contributed by atoms with Gasteiger partial charge in [-0.3, -0.25) is 9.69 Å². The molecule has 6 nitrogen and oxygen atoms in total. The molecule has 1 saturated heterocycles. The Kier molecular flexibility index (Phi) is 5.15. The summed E-state index contributed by atoms with van der Waals surface area (Å²) in [6.45, 7) is 5.50. The first-order chi connectivity index (χ1) is 11.5. The first-order valence-electron chi connectivity index (χ1n) is 7.94. The second-order valence-corrected chi connectivity index (χ2v) is 7.21. The number of rotatable bonds is 5. The molecule has 2 unspecified atom stereocenters. The van der Waals surface area contributed by atoms with Crippen LogP contribution in [0.3, 0.4) is 0 Å². The molecule has 0 aliphatic carbocycles. The molecule has 3 rings (SSSR count). The van der Waals surface area contributed by atoms with Crippen LogP contribution in [0.5, 0.6) is 0 Å². The minimum Gasteiger partial charge on any atom is -0.302 e. The average Bonchev–Trinajstić information content (AvgIpc) is 3.10. The highest BCUT2D eigenvalue weighted by atomic mass is 32.1. The summed E-state index contributed by atoms with van der Waals surface area (Å²) in [7, 11) is 0. The Labute approximate surface area is 144 Å². The summed E-state index contributed by atoms with van der Waals surface area (Å²) in [6, 6.07) is 0.393. The molecule has 2 aromatic rings. The lowest BCUT2D eigenvalue weighted by molar-refractivity contribution is -0.114. The molecule has 1 N–H and O–H groups in total. The molecule has 1 amide bonds. The number of amides is 1. The van der Waals surface area contributed by atoms with Crippen LogP contribution in [0, 0.1) is 11.7 Å². The topological polar surface area (TPSA) is 71.0 Å². The lowest BCUT2D eigenvalue weighted by Crippen LogP contribution is -2.30.